The molecule has 3 aromatic carbocycles. The van der Waals surface area contributed by atoms with E-state index in [0.29, 0.717) is 22.3 Å². The second kappa shape index (κ2) is 8.85. The maximum absolute atomic E-state index is 11.4. The first-order chi connectivity index (χ1) is 15.2. The van der Waals surface area contributed by atoms with Crippen molar-refractivity contribution in [1.82, 2.24) is 0 Å². The smallest absolute Gasteiger partial charge is 0.336 e. The average Bonchev–Trinajstić information content (AvgIpc) is 2.77. The van der Waals surface area contributed by atoms with Crippen LogP contribution < -0.4 is 0 Å². The van der Waals surface area contributed by atoms with Crippen molar-refractivity contribution >= 4 is 23.9 Å². The minimum absolute atomic E-state index is 0.307. The Kier molecular flexibility index (Phi) is 6.03. The van der Waals surface area contributed by atoms with Gasteiger partial charge in [0.2, 0.25) is 0 Å². The van der Waals surface area contributed by atoms with Gasteiger partial charge in [0, 0.05) is 11.1 Å². The van der Waals surface area contributed by atoms with Gasteiger partial charge in [-0.25, -0.2) is 19.2 Å². The predicted octanol–water partition coefficient (Wildman–Crippen LogP) is 3.55. The third kappa shape index (κ3) is 4.63. The van der Waals surface area contributed by atoms with E-state index in [1.807, 2.05) is 0 Å². The van der Waals surface area contributed by atoms with E-state index in [0.717, 1.165) is 0 Å². The van der Waals surface area contributed by atoms with Gasteiger partial charge in [-0.15, -0.1) is 0 Å². The number of aromatic carboxylic acids is 4. The Labute approximate surface area is 181 Å². The molecule has 0 saturated carbocycles. The van der Waals surface area contributed by atoms with Gasteiger partial charge in [0.1, 0.15) is 0 Å². The molecule has 0 aliphatic rings. The fraction of sp³-hybridized carbons (Fsp3) is 0. The first-order valence-electron chi connectivity index (χ1n) is 9.01. The summed E-state index contributed by atoms with van der Waals surface area (Å²) in [7, 11) is 0. The number of carbonyl (C=O) groups is 4. The largest absolute Gasteiger partial charge is 0.478 e. The lowest BCUT2D eigenvalue weighted by molar-refractivity contribution is 0.0651. The lowest BCUT2D eigenvalue weighted by atomic mass is 9.98. The Balaban J connectivity index is 1.89. The summed E-state index contributed by atoms with van der Waals surface area (Å²) in [5, 5.41) is 36.6. The van der Waals surface area contributed by atoms with E-state index in [1.165, 1.54) is 36.4 Å². The van der Waals surface area contributed by atoms with Crippen LogP contribution in [0, 0.1) is 11.8 Å². The standard InChI is InChI=1S/C24H14O8/c25-21(26)17-9-5-14(11-19(17)23(29)30)2-1-13-3-6-15(7-4-13)16-8-10-18(22(27)28)20(12-16)24(31)32/h3-12H,(H,25,26)(H,27,28)(H,29,30)(H,31,32). The van der Waals surface area contributed by atoms with E-state index < -0.39 is 23.9 Å². The number of benzene rings is 3. The Morgan fingerprint density at radius 3 is 1.41 bits per heavy atom. The van der Waals surface area contributed by atoms with E-state index in [2.05, 4.69) is 11.8 Å². The highest BCUT2D eigenvalue weighted by atomic mass is 16.4. The summed E-state index contributed by atoms with van der Waals surface area (Å²) >= 11 is 0. The zero-order chi connectivity index (χ0) is 23.4. The van der Waals surface area contributed by atoms with Crippen LogP contribution in [-0.4, -0.2) is 44.3 Å². The summed E-state index contributed by atoms with van der Waals surface area (Å²) in [6, 6.07) is 14.5. The van der Waals surface area contributed by atoms with E-state index >= 15 is 0 Å². The Bertz CT molecular complexity index is 1320. The molecule has 4 N–H and O–H groups in total. The maximum atomic E-state index is 11.4. The normalized spacial score (nSPS) is 10.0. The van der Waals surface area contributed by atoms with Crippen molar-refractivity contribution in [3.8, 4) is 23.0 Å². The van der Waals surface area contributed by atoms with Gasteiger partial charge in [0.15, 0.2) is 0 Å². The summed E-state index contributed by atoms with van der Waals surface area (Å²) in [6.07, 6.45) is 0. The predicted molar refractivity (Wildman–Crippen MR) is 112 cm³/mol. The van der Waals surface area contributed by atoms with Crippen LogP contribution in [0.2, 0.25) is 0 Å². The van der Waals surface area contributed by atoms with E-state index in [1.54, 1.807) is 24.3 Å². The minimum Gasteiger partial charge on any atom is -0.478 e. The highest BCUT2D eigenvalue weighted by Crippen LogP contribution is 2.23. The second-order valence-corrected chi connectivity index (χ2v) is 6.57. The maximum Gasteiger partial charge on any atom is 0.336 e. The van der Waals surface area contributed by atoms with Gasteiger partial charge >= 0.3 is 23.9 Å². The van der Waals surface area contributed by atoms with Crippen LogP contribution in [0.5, 0.6) is 0 Å². The van der Waals surface area contributed by atoms with Crippen LogP contribution in [0.25, 0.3) is 11.1 Å². The minimum atomic E-state index is -1.37. The van der Waals surface area contributed by atoms with Gasteiger partial charge in [0.25, 0.3) is 0 Å². The highest BCUT2D eigenvalue weighted by Gasteiger charge is 2.17. The number of hydrogen-bond acceptors (Lipinski definition) is 4. The van der Waals surface area contributed by atoms with Crippen LogP contribution in [0.1, 0.15) is 52.6 Å². The van der Waals surface area contributed by atoms with Gasteiger partial charge in [-0.05, 0) is 53.6 Å². The number of carboxylic acids is 4. The summed E-state index contributed by atoms with van der Waals surface area (Å²) < 4.78 is 0. The molecule has 0 radical (unpaired) electrons. The molecule has 0 amide bonds. The molecule has 0 saturated heterocycles. The molecule has 0 fully saturated rings. The van der Waals surface area contributed by atoms with Crippen molar-refractivity contribution < 1.29 is 39.6 Å². The molecular weight excluding hydrogens is 416 g/mol. The van der Waals surface area contributed by atoms with Crippen molar-refractivity contribution in [2.24, 2.45) is 0 Å². The molecule has 0 bridgehead atoms. The van der Waals surface area contributed by atoms with Gasteiger partial charge in [-0.2, -0.15) is 0 Å². The second-order valence-electron chi connectivity index (χ2n) is 6.57. The van der Waals surface area contributed by atoms with Crippen molar-refractivity contribution in [2.45, 2.75) is 0 Å². The molecule has 0 aromatic heterocycles. The number of rotatable bonds is 5. The monoisotopic (exact) mass is 430 g/mol. The summed E-state index contributed by atoms with van der Waals surface area (Å²) in [4.78, 5) is 44.9. The van der Waals surface area contributed by atoms with Gasteiger partial charge in [0.05, 0.1) is 22.3 Å². The van der Waals surface area contributed by atoms with Crippen LogP contribution in [-0.2, 0) is 0 Å². The van der Waals surface area contributed by atoms with Crippen LogP contribution in [0.15, 0.2) is 60.7 Å². The Hall–Kier alpha value is -4.90. The molecule has 0 unspecified atom stereocenters. The number of hydrogen-bond donors (Lipinski definition) is 4. The zero-order valence-corrected chi connectivity index (χ0v) is 16.2. The van der Waals surface area contributed by atoms with Crippen molar-refractivity contribution in [3.05, 3.63) is 94.0 Å². The van der Waals surface area contributed by atoms with Crippen LogP contribution in [0.4, 0.5) is 0 Å². The van der Waals surface area contributed by atoms with E-state index in [4.69, 9.17) is 10.2 Å². The van der Waals surface area contributed by atoms with E-state index in [9.17, 15) is 29.4 Å². The molecule has 3 aromatic rings. The molecule has 158 valence electrons. The molecular formula is C24H14O8. The lowest BCUT2D eigenvalue weighted by Crippen LogP contribution is -2.08. The molecule has 32 heavy (non-hydrogen) atoms. The van der Waals surface area contributed by atoms with Crippen LogP contribution >= 0.6 is 0 Å². The molecule has 8 heteroatoms. The summed E-state index contributed by atoms with van der Waals surface area (Å²) in [5.41, 5.74) is 0.744. The van der Waals surface area contributed by atoms with E-state index in [-0.39, 0.29) is 22.3 Å². The summed E-state index contributed by atoms with van der Waals surface area (Å²) in [6.45, 7) is 0. The molecule has 0 atom stereocenters. The van der Waals surface area contributed by atoms with Crippen molar-refractivity contribution in [2.75, 3.05) is 0 Å². The van der Waals surface area contributed by atoms with Gasteiger partial charge in [-0.1, -0.05) is 30.0 Å². The SMILES string of the molecule is O=C(O)c1ccc(C#Cc2ccc(-c3ccc(C(=O)O)c(C(=O)O)c3)cc2)cc1C(=O)O. The highest BCUT2D eigenvalue weighted by molar-refractivity contribution is 6.03. The fourth-order valence-electron chi connectivity index (χ4n) is 2.96. The molecule has 3 rings (SSSR count). The first-order valence-corrected chi connectivity index (χ1v) is 9.01. The van der Waals surface area contributed by atoms with Crippen molar-refractivity contribution in [1.29, 1.82) is 0 Å². The Morgan fingerprint density at radius 2 is 0.875 bits per heavy atom. The van der Waals surface area contributed by atoms with Crippen LogP contribution in [0.3, 0.4) is 0 Å². The molecule has 0 heterocycles. The zero-order valence-electron chi connectivity index (χ0n) is 16.2. The van der Waals surface area contributed by atoms with Crippen molar-refractivity contribution in [3.63, 3.8) is 0 Å². The van der Waals surface area contributed by atoms with Gasteiger partial charge in [-0.3, -0.25) is 0 Å². The molecule has 0 aliphatic heterocycles. The number of carboxylic acid groups (broad SMARTS) is 4. The summed E-state index contributed by atoms with van der Waals surface area (Å²) in [5.74, 6) is 0.227. The molecule has 0 spiro atoms. The molecule has 8 nitrogen and oxygen atoms in total. The lowest BCUT2D eigenvalue weighted by Gasteiger charge is -2.06. The Morgan fingerprint density at radius 1 is 0.469 bits per heavy atom. The fourth-order valence-corrected chi connectivity index (χ4v) is 2.96. The van der Waals surface area contributed by atoms with Gasteiger partial charge < -0.3 is 20.4 Å². The molecule has 0 aliphatic carbocycles. The first kappa shape index (κ1) is 21.8. The third-order valence-corrected chi connectivity index (χ3v) is 4.53. The topological polar surface area (TPSA) is 149 Å². The third-order valence-electron chi connectivity index (χ3n) is 4.53. The average molecular weight is 430 g/mol. The quantitative estimate of drug-likeness (QED) is 0.449.